The van der Waals surface area contributed by atoms with E-state index >= 15 is 0 Å². The predicted molar refractivity (Wildman–Crippen MR) is 145 cm³/mol. The molecule has 1 saturated heterocycles. The van der Waals surface area contributed by atoms with E-state index in [2.05, 4.69) is 10.6 Å². The molecular formula is C28H35N3O7S. The number of morpholine rings is 1. The predicted octanol–water partition coefficient (Wildman–Crippen LogP) is 1.25. The van der Waals surface area contributed by atoms with E-state index in [1.54, 1.807) is 49.4 Å². The largest absolute Gasteiger partial charge is 0.378 e. The van der Waals surface area contributed by atoms with Crippen molar-refractivity contribution in [3.05, 3.63) is 71.8 Å². The first-order valence-electron chi connectivity index (χ1n) is 12.9. The van der Waals surface area contributed by atoms with Crippen LogP contribution in [0.4, 0.5) is 0 Å². The molecule has 0 aromatic heterocycles. The lowest BCUT2D eigenvalue weighted by Crippen LogP contribution is -2.50. The van der Waals surface area contributed by atoms with Gasteiger partial charge in [-0.2, -0.15) is 0 Å². The molecule has 2 N–H and O–H groups in total. The Hall–Kier alpha value is -3.57. The Morgan fingerprint density at radius 2 is 1.51 bits per heavy atom. The number of sulfone groups is 1. The van der Waals surface area contributed by atoms with Crippen molar-refractivity contribution >= 4 is 33.3 Å². The third-order valence-electron chi connectivity index (χ3n) is 6.40. The smallest absolute Gasteiger partial charge is 0.289 e. The van der Waals surface area contributed by atoms with Crippen LogP contribution in [0.25, 0.3) is 0 Å². The normalized spacial score (nSPS) is 15.2. The second kappa shape index (κ2) is 14.5. The molecule has 10 nitrogen and oxygen atoms in total. The molecule has 2 unspecified atom stereocenters. The van der Waals surface area contributed by atoms with Crippen LogP contribution in [0.15, 0.2) is 60.7 Å². The number of nitrogens with one attached hydrogen (secondary N) is 2. The van der Waals surface area contributed by atoms with Crippen LogP contribution in [0.2, 0.25) is 0 Å². The fraction of sp³-hybridized carbons (Fsp3) is 0.429. The molecule has 0 spiro atoms. The van der Waals surface area contributed by atoms with E-state index in [1.165, 1.54) is 4.90 Å². The molecule has 2 atom stereocenters. The van der Waals surface area contributed by atoms with Gasteiger partial charge in [-0.1, -0.05) is 67.6 Å². The van der Waals surface area contributed by atoms with E-state index in [-0.39, 0.29) is 31.0 Å². The van der Waals surface area contributed by atoms with Crippen molar-refractivity contribution in [2.24, 2.45) is 5.92 Å². The molecule has 210 valence electrons. The second-order valence-corrected chi connectivity index (χ2v) is 11.5. The highest BCUT2D eigenvalue weighted by Gasteiger charge is 2.33. The lowest BCUT2D eigenvalue weighted by atomic mass is 10.0. The summed E-state index contributed by atoms with van der Waals surface area (Å²) >= 11 is 0. The zero-order valence-electron chi connectivity index (χ0n) is 22.0. The molecule has 1 heterocycles. The van der Waals surface area contributed by atoms with Gasteiger partial charge in [0, 0.05) is 26.1 Å². The van der Waals surface area contributed by atoms with Crippen molar-refractivity contribution in [2.75, 3.05) is 32.1 Å². The highest BCUT2D eigenvalue weighted by molar-refractivity contribution is 7.90. The maximum absolute atomic E-state index is 13.3. The van der Waals surface area contributed by atoms with E-state index in [1.807, 2.05) is 18.2 Å². The quantitative estimate of drug-likeness (QED) is 0.354. The first-order chi connectivity index (χ1) is 18.7. The van der Waals surface area contributed by atoms with Gasteiger partial charge in [0.1, 0.15) is 0 Å². The summed E-state index contributed by atoms with van der Waals surface area (Å²) < 4.78 is 31.3. The number of ketones is 1. The van der Waals surface area contributed by atoms with E-state index in [0.29, 0.717) is 31.9 Å². The number of carbonyl (C=O) groups excluding carboxylic acids is 4. The van der Waals surface area contributed by atoms with Crippen LogP contribution in [0.5, 0.6) is 0 Å². The van der Waals surface area contributed by atoms with Crippen LogP contribution in [-0.4, -0.2) is 74.9 Å². The minimum absolute atomic E-state index is 0.115. The number of carbonyl (C=O) groups is 4. The van der Waals surface area contributed by atoms with Gasteiger partial charge >= 0.3 is 0 Å². The molecule has 0 radical (unpaired) electrons. The Morgan fingerprint density at radius 1 is 0.923 bits per heavy atom. The van der Waals surface area contributed by atoms with Gasteiger partial charge in [0.25, 0.3) is 5.91 Å². The van der Waals surface area contributed by atoms with Gasteiger partial charge in [-0.15, -0.1) is 0 Å². The molecule has 39 heavy (non-hydrogen) atoms. The topological polar surface area (TPSA) is 139 Å². The van der Waals surface area contributed by atoms with E-state index < -0.39 is 45.1 Å². The van der Waals surface area contributed by atoms with Crippen molar-refractivity contribution in [1.29, 1.82) is 0 Å². The summed E-state index contributed by atoms with van der Waals surface area (Å²) in [5.41, 5.74) is 1.37. The number of hydrogen-bond acceptors (Lipinski definition) is 7. The number of benzene rings is 2. The zero-order chi connectivity index (χ0) is 28.3. The lowest BCUT2D eigenvalue weighted by molar-refractivity contribution is -0.141. The maximum atomic E-state index is 13.3. The van der Waals surface area contributed by atoms with E-state index in [4.69, 9.17) is 4.74 Å². The van der Waals surface area contributed by atoms with Gasteiger partial charge in [-0.25, -0.2) is 8.42 Å². The molecule has 1 fully saturated rings. The van der Waals surface area contributed by atoms with Gasteiger partial charge in [0.05, 0.1) is 36.7 Å². The molecule has 2 aromatic rings. The number of nitrogens with zero attached hydrogens (tertiary/aromatic N) is 1. The lowest BCUT2D eigenvalue weighted by Gasteiger charge is -2.28. The third kappa shape index (κ3) is 9.60. The summed E-state index contributed by atoms with van der Waals surface area (Å²) in [5.74, 6) is -4.92. The molecule has 3 rings (SSSR count). The van der Waals surface area contributed by atoms with Crippen LogP contribution >= 0.6 is 0 Å². The van der Waals surface area contributed by atoms with Crippen LogP contribution in [0, 0.1) is 5.92 Å². The highest BCUT2D eigenvalue weighted by Crippen LogP contribution is 2.16. The second-order valence-electron chi connectivity index (χ2n) is 9.44. The molecule has 3 amide bonds. The fourth-order valence-electron chi connectivity index (χ4n) is 4.24. The van der Waals surface area contributed by atoms with E-state index in [0.717, 1.165) is 5.56 Å². The summed E-state index contributed by atoms with van der Waals surface area (Å²) in [4.78, 5) is 53.1. The molecule has 0 bridgehead atoms. The van der Waals surface area contributed by atoms with Crippen molar-refractivity contribution in [1.82, 2.24) is 15.5 Å². The first kappa shape index (κ1) is 30.0. The van der Waals surface area contributed by atoms with Gasteiger partial charge in [-0.3, -0.25) is 19.2 Å². The molecule has 0 aliphatic carbocycles. The van der Waals surface area contributed by atoms with Gasteiger partial charge in [0.15, 0.2) is 9.84 Å². The summed E-state index contributed by atoms with van der Waals surface area (Å²) in [7, 11) is -3.79. The number of ether oxygens (including phenoxy) is 1. The minimum Gasteiger partial charge on any atom is -0.378 e. The Balaban J connectivity index is 1.70. The number of hydrogen-bond donors (Lipinski definition) is 2. The van der Waals surface area contributed by atoms with Crippen molar-refractivity contribution in [2.45, 2.75) is 38.1 Å². The SMILES string of the molecule is CCC(NC(=O)C(CC(=O)N1CCOCC1)CS(=O)(=O)Cc1ccccc1)C(=O)C(=O)NCc1ccccc1. The average Bonchev–Trinajstić information content (AvgIpc) is 2.94. The van der Waals surface area contributed by atoms with Crippen molar-refractivity contribution in [3.8, 4) is 0 Å². The minimum atomic E-state index is -3.79. The molecule has 1 aliphatic heterocycles. The third-order valence-corrected chi connectivity index (χ3v) is 8.08. The molecule has 1 aliphatic rings. The molecular weight excluding hydrogens is 522 g/mol. The number of rotatable bonds is 13. The average molecular weight is 558 g/mol. The summed E-state index contributed by atoms with van der Waals surface area (Å²) in [5, 5.41) is 5.08. The summed E-state index contributed by atoms with van der Waals surface area (Å²) in [6.45, 7) is 3.19. The van der Waals surface area contributed by atoms with Crippen LogP contribution < -0.4 is 10.6 Å². The van der Waals surface area contributed by atoms with Gasteiger partial charge in [-0.05, 0) is 17.5 Å². The number of Topliss-reactive ketones (excluding diaryl/α,β-unsaturated/α-hetero) is 1. The van der Waals surface area contributed by atoms with Gasteiger partial charge < -0.3 is 20.3 Å². The van der Waals surface area contributed by atoms with Crippen LogP contribution in [0.3, 0.4) is 0 Å². The standard InChI is InChI=1S/C28H35N3O7S/c1-2-24(26(33)28(35)29-18-21-9-5-3-6-10-21)30-27(34)23(17-25(32)31-13-15-38-16-14-31)20-39(36,37)19-22-11-7-4-8-12-22/h3-12,23-24H,2,13-20H2,1H3,(H,29,35)(H,30,34). The number of amides is 3. The Labute approximate surface area is 229 Å². The van der Waals surface area contributed by atoms with E-state index in [9.17, 15) is 27.6 Å². The maximum Gasteiger partial charge on any atom is 0.289 e. The van der Waals surface area contributed by atoms with Crippen molar-refractivity contribution in [3.63, 3.8) is 0 Å². The van der Waals surface area contributed by atoms with Crippen LogP contribution in [0.1, 0.15) is 30.9 Å². The fourth-order valence-corrected chi connectivity index (χ4v) is 5.94. The summed E-state index contributed by atoms with van der Waals surface area (Å²) in [6.07, 6.45) is -0.227. The highest BCUT2D eigenvalue weighted by atomic mass is 32.2. The summed E-state index contributed by atoms with van der Waals surface area (Å²) in [6, 6.07) is 16.4. The Morgan fingerprint density at radius 3 is 2.10 bits per heavy atom. The van der Waals surface area contributed by atoms with Crippen LogP contribution in [-0.2, 0) is 46.0 Å². The Bertz CT molecular complexity index is 1230. The molecule has 2 aromatic carbocycles. The zero-order valence-corrected chi connectivity index (χ0v) is 22.8. The molecule has 11 heteroatoms. The first-order valence-corrected chi connectivity index (χ1v) is 14.8. The molecule has 0 saturated carbocycles. The monoisotopic (exact) mass is 557 g/mol. The van der Waals surface area contributed by atoms with Gasteiger partial charge in [0.2, 0.25) is 17.6 Å². The van der Waals surface area contributed by atoms with Crippen molar-refractivity contribution < 1.29 is 32.3 Å². The Kier molecular flexibility index (Phi) is 11.2.